The number of likely N-dealkylation sites (N-methyl/N-ethyl adjacent to an activating group) is 1. The van der Waals surface area contributed by atoms with Crippen molar-refractivity contribution in [3.63, 3.8) is 0 Å². The molecule has 0 bridgehead atoms. The first-order valence-corrected chi connectivity index (χ1v) is 13.6. The summed E-state index contributed by atoms with van der Waals surface area (Å²) < 4.78 is 6.41. The normalized spacial score (nSPS) is 13.1. The van der Waals surface area contributed by atoms with Crippen molar-refractivity contribution in [2.24, 2.45) is 0 Å². The number of nitrogens with zero attached hydrogens (tertiary/aromatic N) is 1. The zero-order valence-electron chi connectivity index (χ0n) is 23.6. The quantitative estimate of drug-likeness (QED) is 0.0279. The van der Waals surface area contributed by atoms with E-state index < -0.39 is 6.23 Å². The van der Waals surface area contributed by atoms with E-state index in [-0.39, 0.29) is 69.6 Å². The lowest BCUT2D eigenvalue weighted by Gasteiger charge is -2.43. The van der Waals surface area contributed by atoms with Crippen molar-refractivity contribution >= 4 is 0 Å². The second kappa shape index (κ2) is 21.6. The molecule has 0 aliphatic heterocycles. The third kappa shape index (κ3) is 13.2. The van der Waals surface area contributed by atoms with Crippen LogP contribution in [0.2, 0.25) is 0 Å². The van der Waals surface area contributed by atoms with Gasteiger partial charge in [-0.2, -0.15) is 0 Å². The predicted octanol–water partition coefficient (Wildman–Crippen LogP) is -1.80. The molecule has 2 aromatic carbocycles. The van der Waals surface area contributed by atoms with Crippen molar-refractivity contribution in [2.45, 2.75) is 38.5 Å². The summed E-state index contributed by atoms with van der Waals surface area (Å²) in [6, 6.07) is 14.0. The number of hydrogen-bond donors (Lipinski definition) is 6. The third-order valence-corrected chi connectivity index (χ3v) is 6.87. The smallest absolute Gasteiger partial charge is 0.197 e. The first-order valence-electron chi connectivity index (χ1n) is 13.6. The Bertz CT molecular complexity index is 936. The van der Waals surface area contributed by atoms with Gasteiger partial charge in [-0.3, -0.25) is 4.48 Å². The molecule has 2 aromatic rings. The number of aromatic hydroxyl groups is 2. The molecule has 0 heterocycles. The van der Waals surface area contributed by atoms with Crippen molar-refractivity contribution in [3.05, 3.63) is 59.7 Å². The first kappa shape index (κ1) is 37.0. The third-order valence-electron chi connectivity index (χ3n) is 6.87. The van der Waals surface area contributed by atoms with Crippen LogP contribution in [0.3, 0.4) is 0 Å². The molecular weight excluding hydrogens is 560 g/mol. The Balaban J connectivity index is 0.00000840. The van der Waals surface area contributed by atoms with E-state index in [1.165, 1.54) is 0 Å². The maximum absolute atomic E-state index is 10.3. The standard InChI is InChI=1S/C28H44N2O10.ClH/c1-2-30(13-16-32,14-17-33)28(22-24-8-4-6-10-27(24)35)36-19-20-38-40-39-37-18-12-29-25(11-15-31)21-23-7-3-5-9-26(23)34;/h3-10,25,28-29,31-33H,2,11-22H2,1H3,(H-,34,35);1H. The Kier molecular flexibility index (Phi) is 19.5. The fourth-order valence-corrected chi connectivity index (χ4v) is 4.61. The lowest BCUT2D eigenvalue weighted by molar-refractivity contribution is -0.970. The number of rotatable bonds is 23. The Labute approximate surface area is 247 Å². The SMILES string of the molecule is CC[N+](CCO)(CCO)C(Cc1ccccc1O)OCCOOOOCCNC(CCO)Cc1ccccc1O.[Cl-]. The summed E-state index contributed by atoms with van der Waals surface area (Å²) in [5.74, 6) is 0.367. The predicted molar refractivity (Wildman–Crippen MR) is 146 cm³/mol. The average molecular weight is 605 g/mol. The molecule has 0 fully saturated rings. The number of ether oxygens (including phenoxy) is 1. The molecule has 13 heteroatoms. The Morgan fingerprint density at radius 3 is 1.85 bits per heavy atom. The zero-order chi connectivity index (χ0) is 29.1. The number of halogens is 1. The lowest BCUT2D eigenvalue weighted by Crippen LogP contribution is -3.00. The molecule has 0 radical (unpaired) electrons. The van der Waals surface area contributed by atoms with Crippen molar-refractivity contribution in [1.29, 1.82) is 0 Å². The topological polar surface area (TPSA) is 159 Å². The minimum atomic E-state index is -0.464. The summed E-state index contributed by atoms with van der Waals surface area (Å²) in [4.78, 5) is 9.92. The number of phenols is 2. The van der Waals surface area contributed by atoms with Gasteiger partial charge in [-0.25, -0.2) is 9.78 Å². The van der Waals surface area contributed by atoms with Gasteiger partial charge in [0.05, 0.1) is 39.4 Å². The minimum absolute atomic E-state index is 0. The molecule has 2 unspecified atom stereocenters. The Morgan fingerprint density at radius 1 is 0.756 bits per heavy atom. The van der Waals surface area contributed by atoms with E-state index in [4.69, 9.17) is 14.5 Å². The van der Waals surface area contributed by atoms with Crippen LogP contribution in [0.1, 0.15) is 24.5 Å². The van der Waals surface area contributed by atoms with Gasteiger partial charge in [0, 0.05) is 24.8 Å². The first-order chi connectivity index (χ1) is 19.5. The lowest BCUT2D eigenvalue weighted by atomic mass is 10.0. The van der Waals surface area contributed by atoms with Crippen LogP contribution >= 0.6 is 0 Å². The number of phenolic OH excluding ortho intramolecular Hbond substituents is 2. The monoisotopic (exact) mass is 604 g/mol. The average Bonchev–Trinajstić information content (AvgIpc) is 2.95. The molecule has 41 heavy (non-hydrogen) atoms. The largest absolute Gasteiger partial charge is 1.00 e. The van der Waals surface area contributed by atoms with Crippen molar-refractivity contribution in [2.75, 3.05) is 65.8 Å². The molecule has 2 rings (SSSR count). The van der Waals surface area contributed by atoms with Gasteiger partial charge in [-0.1, -0.05) is 36.4 Å². The highest BCUT2D eigenvalue weighted by molar-refractivity contribution is 5.33. The van der Waals surface area contributed by atoms with Gasteiger partial charge in [-0.05, 0) is 47.5 Å². The van der Waals surface area contributed by atoms with Gasteiger partial charge in [0.1, 0.15) is 31.2 Å². The summed E-state index contributed by atoms with van der Waals surface area (Å²) in [6.07, 6.45) is 0.963. The molecular formula is C28H45ClN2O10. The van der Waals surface area contributed by atoms with Gasteiger partial charge >= 0.3 is 0 Å². The number of aliphatic hydroxyl groups is 3. The van der Waals surface area contributed by atoms with Gasteiger partial charge in [0.15, 0.2) is 6.23 Å². The van der Waals surface area contributed by atoms with Crippen molar-refractivity contribution in [3.8, 4) is 11.5 Å². The van der Waals surface area contributed by atoms with Crippen LogP contribution in [0.15, 0.2) is 48.5 Å². The molecule has 0 aromatic heterocycles. The molecule has 12 nitrogen and oxygen atoms in total. The highest BCUT2D eigenvalue weighted by Gasteiger charge is 2.36. The van der Waals surface area contributed by atoms with Crippen molar-refractivity contribution in [1.82, 2.24) is 5.32 Å². The zero-order valence-corrected chi connectivity index (χ0v) is 24.3. The molecule has 0 saturated heterocycles. The van der Waals surface area contributed by atoms with Gasteiger partial charge in [0.25, 0.3) is 0 Å². The summed E-state index contributed by atoms with van der Waals surface area (Å²) in [7, 11) is 0. The number of hydrogen-bond acceptors (Lipinski definition) is 11. The highest BCUT2D eigenvalue weighted by Crippen LogP contribution is 2.24. The Hall–Kier alpha value is -2.07. The maximum Gasteiger partial charge on any atom is 0.197 e. The summed E-state index contributed by atoms with van der Waals surface area (Å²) >= 11 is 0. The van der Waals surface area contributed by atoms with E-state index in [9.17, 15) is 25.5 Å². The number of nitrogens with one attached hydrogen (secondary N) is 1. The van der Waals surface area contributed by atoms with E-state index in [0.717, 1.165) is 5.56 Å². The van der Waals surface area contributed by atoms with Crippen LogP contribution in [-0.4, -0.2) is 108 Å². The minimum Gasteiger partial charge on any atom is -1.00 e. The number of para-hydroxylation sites is 2. The van der Waals surface area contributed by atoms with Crippen LogP contribution < -0.4 is 17.7 Å². The molecule has 0 aliphatic rings. The fraction of sp³-hybridized carbons (Fsp3) is 0.571. The van der Waals surface area contributed by atoms with E-state index >= 15 is 0 Å². The molecule has 234 valence electrons. The van der Waals surface area contributed by atoms with Crippen LogP contribution in [0.25, 0.3) is 0 Å². The fourth-order valence-electron chi connectivity index (χ4n) is 4.61. The summed E-state index contributed by atoms with van der Waals surface area (Å²) in [6.45, 7) is 3.86. The summed E-state index contributed by atoms with van der Waals surface area (Å²) in [5, 5.41) is 61.3. The van der Waals surface area contributed by atoms with Crippen molar-refractivity contribution < 1.29 is 67.0 Å². The van der Waals surface area contributed by atoms with E-state index in [1.807, 2.05) is 31.2 Å². The van der Waals surface area contributed by atoms with E-state index in [0.29, 0.717) is 55.5 Å². The number of benzene rings is 2. The molecule has 0 aliphatic carbocycles. The second-order valence-electron chi connectivity index (χ2n) is 9.36. The highest BCUT2D eigenvalue weighted by atomic mass is 35.5. The van der Waals surface area contributed by atoms with Crippen LogP contribution in [-0.2, 0) is 37.4 Å². The Morgan fingerprint density at radius 2 is 1.32 bits per heavy atom. The van der Waals surface area contributed by atoms with Gasteiger partial charge < -0.3 is 48.0 Å². The van der Waals surface area contributed by atoms with Crippen LogP contribution in [0, 0.1) is 0 Å². The summed E-state index contributed by atoms with van der Waals surface area (Å²) in [5.41, 5.74) is 1.48. The van der Waals surface area contributed by atoms with E-state index in [1.54, 1.807) is 24.3 Å². The van der Waals surface area contributed by atoms with Gasteiger partial charge in [0.2, 0.25) is 0 Å². The maximum atomic E-state index is 10.3. The molecule has 0 spiro atoms. The molecule has 6 N–H and O–H groups in total. The molecule has 0 saturated carbocycles. The number of aliphatic hydroxyl groups excluding tert-OH is 3. The molecule has 2 atom stereocenters. The van der Waals surface area contributed by atoms with Crippen LogP contribution in [0.4, 0.5) is 0 Å². The second-order valence-corrected chi connectivity index (χ2v) is 9.36. The number of quaternary nitrogens is 1. The van der Waals surface area contributed by atoms with Crippen LogP contribution in [0.5, 0.6) is 11.5 Å². The molecule has 0 amide bonds. The van der Waals surface area contributed by atoms with E-state index in [2.05, 4.69) is 15.4 Å². The van der Waals surface area contributed by atoms with Gasteiger partial charge in [-0.15, -0.1) is 0 Å².